The molecular weight excluding hydrogens is 1920 g/mol. The molecule has 2 atom stereocenters. The van der Waals surface area contributed by atoms with Crippen LogP contribution in [0.5, 0.6) is 11.5 Å². The minimum Gasteiger partial charge on any atom is -0.512 e. The Kier molecular flexibility index (Phi) is 38.0. The number of nitriles is 1. The number of carbonyl (C=O) groups excluding carboxylic acids is 7. The van der Waals surface area contributed by atoms with E-state index in [0.717, 1.165) is 52.7 Å². The number of rotatable bonds is 13. The molecular formula is C94H88BrCuF7N13O21. The number of halogens is 8. The van der Waals surface area contributed by atoms with E-state index in [0.29, 0.717) is 57.7 Å². The predicted octanol–water partition coefficient (Wildman–Crippen LogP) is 13.4. The van der Waals surface area contributed by atoms with Crippen molar-refractivity contribution < 1.29 is 114 Å². The number of nitrogens with two attached hydrogens (primary N) is 2. The van der Waals surface area contributed by atoms with Gasteiger partial charge in [0.25, 0.3) is 56.7 Å². The second-order valence-corrected chi connectivity index (χ2v) is 32.3. The molecule has 0 unspecified atom stereocenters. The number of fused-ring (bicyclic) bond motifs is 5. The number of nitrogens with one attached hydrogen (secondary N) is 8. The van der Waals surface area contributed by atoms with Gasteiger partial charge in [-0.3, -0.25) is 62.9 Å². The molecule has 5 aliphatic heterocycles. The molecule has 0 saturated carbocycles. The van der Waals surface area contributed by atoms with Crippen LogP contribution in [0.25, 0.3) is 0 Å². The van der Waals surface area contributed by atoms with Gasteiger partial charge in [-0.25, -0.2) is 35.9 Å². The zero-order chi connectivity index (χ0) is 100. The summed E-state index contributed by atoms with van der Waals surface area (Å²) in [7, 11) is 5.04. The maximum atomic E-state index is 14.5. The van der Waals surface area contributed by atoms with Crippen LogP contribution in [-0.4, -0.2) is 74.8 Å². The summed E-state index contributed by atoms with van der Waals surface area (Å²) in [6.07, 6.45) is 0. The summed E-state index contributed by atoms with van der Waals surface area (Å²) in [4.78, 5) is 157. The normalized spacial score (nSPS) is 12.6. The molecule has 34 nitrogen and oxygen atoms in total. The average Bonchev–Trinajstić information content (AvgIpc) is 1.71. The fourth-order valence-electron chi connectivity index (χ4n) is 13.3. The third-order valence-corrected chi connectivity index (χ3v) is 21.1. The number of furan rings is 2. The molecule has 2 aromatic heterocycles. The first-order chi connectivity index (χ1) is 63.6. The van der Waals surface area contributed by atoms with Crippen molar-refractivity contribution in [2.75, 3.05) is 50.1 Å². The summed E-state index contributed by atoms with van der Waals surface area (Å²) in [5, 5.41) is 46.4. The number of ether oxygens (including phenoxy) is 4. The molecule has 43 heteroatoms. The van der Waals surface area contributed by atoms with Gasteiger partial charge in [-0.1, -0.05) is 79.3 Å². The van der Waals surface area contributed by atoms with Crippen LogP contribution < -0.4 is 96.0 Å². The van der Waals surface area contributed by atoms with E-state index in [1.165, 1.54) is 95.2 Å². The maximum absolute atomic E-state index is 14.5. The monoisotopic (exact) mass is 2010 g/mol. The molecule has 7 heterocycles. The van der Waals surface area contributed by atoms with E-state index in [4.69, 9.17) is 42.1 Å². The quantitative estimate of drug-likeness (QED) is 0.00749. The van der Waals surface area contributed by atoms with Crippen molar-refractivity contribution in [3.63, 3.8) is 0 Å². The van der Waals surface area contributed by atoms with Crippen molar-refractivity contribution in [2.45, 2.75) is 115 Å². The van der Waals surface area contributed by atoms with Gasteiger partial charge in [-0.15, -0.1) is 0 Å². The summed E-state index contributed by atoms with van der Waals surface area (Å²) in [5.74, 6) is -4.29. The van der Waals surface area contributed by atoms with E-state index in [-0.39, 0.29) is 157 Å². The van der Waals surface area contributed by atoms with Gasteiger partial charge in [-0.2, -0.15) is 9.65 Å². The molecule has 0 spiro atoms. The van der Waals surface area contributed by atoms with Gasteiger partial charge < -0.3 is 93.6 Å². The molecule has 12 N–H and O–H groups in total. The molecule has 722 valence electrons. The predicted molar refractivity (Wildman–Crippen MR) is 486 cm³/mol. The van der Waals surface area contributed by atoms with Crippen LogP contribution in [0.3, 0.4) is 0 Å². The second kappa shape index (κ2) is 47.3. The van der Waals surface area contributed by atoms with Crippen LogP contribution in [0.4, 0.5) is 70.5 Å². The van der Waals surface area contributed by atoms with Crippen molar-refractivity contribution in [1.82, 2.24) is 26.6 Å². The summed E-state index contributed by atoms with van der Waals surface area (Å²) >= 11 is 3.10. The Morgan fingerprint density at radius 1 is 0.489 bits per heavy atom. The van der Waals surface area contributed by atoms with Crippen LogP contribution in [0, 0.1) is 106 Å². The van der Waals surface area contributed by atoms with Gasteiger partial charge in [0.05, 0.1) is 95.9 Å². The SMILES string of the molecule is C.COC(=O)c1cc(F)ccc1Br.COC(=O)c1cc(F)ccc1C#N.COc1c(C)c(=O)c1=O.COc1c(Nc2c(F)ccc3c2C(=O)NC3)c(=O)c1=O.Cc1ccc([C@H](N)C(C)(C)C)o1.Cc1ccc([C@H](Nc2c(Nc3c(F)ccc4c3C(=O)NC4)c(=O)c2=O)C(C)(C)C)o1.Nc1c(F)ccc2c1C(=O)NC2.O=C1NCc2ccc(F)c([N+](=O)[O-])c21.O=C1NCc2ccc(F)cc21.[C-]#N.[Cu+]. The Morgan fingerprint density at radius 2 is 0.883 bits per heavy atom. The topological polar surface area (TPSA) is 524 Å². The molecule has 5 aliphatic rings. The zero-order valence-electron chi connectivity index (χ0n) is 74.2. The van der Waals surface area contributed by atoms with E-state index < -0.39 is 114 Å². The minimum absolute atomic E-state index is 0. The van der Waals surface area contributed by atoms with Gasteiger partial charge in [0.15, 0.2) is 11.5 Å². The number of hydrogen-bond acceptors (Lipinski definition) is 28. The fourth-order valence-corrected chi connectivity index (χ4v) is 13.7. The summed E-state index contributed by atoms with van der Waals surface area (Å²) < 4.78 is 122. The van der Waals surface area contributed by atoms with Crippen molar-refractivity contribution >= 4 is 97.2 Å². The van der Waals surface area contributed by atoms with Gasteiger partial charge >= 0.3 is 34.7 Å². The van der Waals surface area contributed by atoms with E-state index in [9.17, 15) is 103 Å². The molecule has 10 aromatic carbocycles. The Balaban J connectivity index is 0.000000242. The number of nitrogens with zero attached hydrogens (tertiary/aromatic N) is 3. The number of amides is 5. The van der Waals surface area contributed by atoms with Crippen LogP contribution in [0.2, 0.25) is 0 Å². The van der Waals surface area contributed by atoms with Crippen molar-refractivity contribution in [3.8, 4) is 17.6 Å². The third-order valence-electron chi connectivity index (χ3n) is 20.4. The number of esters is 2. The average molecular weight is 2010 g/mol. The van der Waals surface area contributed by atoms with E-state index in [1.54, 1.807) is 25.1 Å². The maximum Gasteiger partial charge on any atom is 1.00 e. The van der Waals surface area contributed by atoms with Gasteiger partial charge in [-0.05, 0) is 172 Å². The van der Waals surface area contributed by atoms with Crippen LogP contribution in [-0.2, 0) is 59.3 Å². The van der Waals surface area contributed by atoms with Crippen molar-refractivity contribution in [1.29, 1.82) is 10.5 Å². The standard InChI is InChI=1S/C22H22FN3O4.C13H9FN2O4.C10H17NO.C9H6FNO2.C8H6BrFO2.C8H5FN2O3.C8H7FN2O.C8H6FNO.C6H6O3.CN.CH4.Cu/c1-10-5-8-13(30-10)20(22(2,3)4)26-17-16(18(27)19(17)28)25-15-12(23)7-6-11-9-24-21(29)14(11)15;1-20-12-9(10(17)11(12)18)16-8-6(14)3-2-5-4-15-13(19)7(5)8;1-7-5-6-8(12-7)9(11)10(2,3)4;1-13-9(12)8-4-7(10)3-2-6(8)5-11;1-12-8(11)6-4-5(10)2-3-7(6)9;9-5-2-1-4-3-10-8(12)6(4)7(5)11(13)14;9-5-2-1-4-3-11-8(12)6(4)7(5)10;9-6-2-1-5-4-10-8(11)7(5)3-6;1-3-4(7)5(8)6(3)9-2;1-2;;/h5-8,20,25-26H,9H2,1-4H3,(H,24,29);2-3,16H,4H2,1H3,(H,15,19);5-6,9H,11H2,1-4H3;2-4H,1H3;2-4H,1H3;1-2H,3H2,(H,10,12);1-2H,3,10H2,(H,11,12);1-3H,4H2,(H,10,11);1-2H3;;1H4;/q;;;;;;;;;-1;;+1/t20-;;9-;;;;;;;;;/m0.0........./s1. The molecule has 5 amide bonds. The number of benzene rings is 7. The Morgan fingerprint density at radius 3 is 1.34 bits per heavy atom. The van der Waals surface area contributed by atoms with Gasteiger partial charge in [0.2, 0.25) is 11.2 Å². The fraction of sp³-hybridized carbons (Fsp3) is 0.245. The number of carbonyl (C=O) groups is 7. The number of nitro benzene ring substituents is 1. The Bertz CT molecular complexity index is 6930. The molecule has 0 saturated heterocycles. The Labute approximate surface area is 794 Å². The number of nitro groups is 1. The third kappa shape index (κ3) is 25.6. The minimum atomic E-state index is -0.981. The first kappa shape index (κ1) is 110. The van der Waals surface area contributed by atoms with Crippen molar-refractivity contribution in [2.24, 2.45) is 16.6 Å². The smallest absolute Gasteiger partial charge is 0.512 e. The van der Waals surface area contributed by atoms with E-state index >= 15 is 0 Å². The van der Waals surface area contributed by atoms with Crippen LogP contribution in [0.15, 0.2) is 169 Å². The zero-order valence-corrected chi connectivity index (χ0v) is 76.7. The number of anilines is 6. The van der Waals surface area contributed by atoms with Gasteiger partial charge in [0.1, 0.15) is 86.6 Å². The largest absolute Gasteiger partial charge is 1.00 e. The van der Waals surface area contributed by atoms with E-state index in [1.807, 2.05) is 58.9 Å². The molecule has 0 radical (unpaired) electrons. The summed E-state index contributed by atoms with van der Waals surface area (Å²) in [6, 6.07) is 30.9. The first-order valence-corrected chi connectivity index (χ1v) is 40.5. The number of hydrogen-bond donors (Lipinski definition) is 10. The van der Waals surface area contributed by atoms with Crippen LogP contribution >= 0.6 is 15.9 Å². The molecule has 0 bridgehead atoms. The summed E-state index contributed by atoms with van der Waals surface area (Å²) in [6.45, 7) is 24.1. The van der Waals surface area contributed by atoms with E-state index in [2.05, 4.69) is 93.4 Å². The molecule has 12 aromatic rings. The number of methoxy groups -OCH3 is 4. The number of aryl methyl sites for hydroxylation is 2. The second-order valence-electron chi connectivity index (χ2n) is 31.4. The molecule has 137 heavy (non-hydrogen) atoms. The molecule has 0 fully saturated rings. The summed E-state index contributed by atoms with van der Waals surface area (Å²) in [5.41, 5.74) is 10.8. The van der Waals surface area contributed by atoms with Gasteiger partial charge in [0, 0.05) is 48.3 Å². The molecule has 0 aliphatic carbocycles. The first-order valence-electron chi connectivity index (χ1n) is 39.7. The van der Waals surface area contributed by atoms with Crippen molar-refractivity contribution in [3.05, 3.63) is 352 Å². The van der Waals surface area contributed by atoms with Crippen LogP contribution in [0.1, 0.15) is 196 Å². The number of nitrogen functional groups attached to an aromatic ring is 1. The Hall–Kier alpha value is -15.7. The molecule has 17 rings (SSSR count).